The lowest BCUT2D eigenvalue weighted by molar-refractivity contribution is -0.193. The van der Waals surface area contributed by atoms with Crippen LogP contribution < -0.4 is 5.73 Å². The third-order valence-electron chi connectivity index (χ3n) is 2.47. The number of piperidine rings is 1. The van der Waals surface area contributed by atoms with Crippen LogP contribution in [-0.4, -0.2) is 65.1 Å². The molecular weight excluding hydrogens is 338 g/mol. The van der Waals surface area contributed by atoms with Crippen molar-refractivity contribution in [2.24, 2.45) is 5.73 Å². The van der Waals surface area contributed by atoms with E-state index in [0.717, 1.165) is 13.1 Å². The van der Waals surface area contributed by atoms with E-state index in [9.17, 15) is 26.3 Å². The molecule has 0 amide bonds. The van der Waals surface area contributed by atoms with Crippen molar-refractivity contribution >= 4 is 11.9 Å². The number of aliphatic carboxylic acids is 2. The first-order chi connectivity index (χ1) is 10.2. The van der Waals surface area contributed by atoms with E-state index in [0.29, 0.717) is 6.04 Å². The van der Waals surface area contributed by atoms with Crippen LogP contribution >= 0.6 is 0 Å². The molecule has 0 radical (unpaired) electrons. The van der Waals surface area contributed by atoms with Gasteiger partial charge in [0.1, 0.15) is 0 Å². The van der Waals surface area contributed by atoms with Gasteiger partial charge in [-0.05, 0) is 25.9 Å². The zero-order valence-electron chi connectivity index (χ0n) is 12.1. The normalized spacial score (nSPS) is 18.9. The zero-order chi connectivity index (χ0) is 18.8. The van der Waals surface area contributed by atoms with Gasteiger partial charge in [-0.25, -0.2) is 9.59 Å². The number of hydrogen-bond donors (Lipinski definition) is 3. The number of likely N-dealkylation sites (N-methyl/N-ethyl adjacent to an activating group) is 1. The Hall–Kier alpha value is -1.56. The highest BCUT2D eigenvalue weighted by molar-refractivity contribution is 5.73. The number of carboxylic acid groups (broad SMARTS) is 2. The molecule has 4 N–H and O–H groups in total. The fraction of sp³-hybridized carbons (Fsp3) is 0.818. The highest BCUT2D eigenvalue weighted by Crippen LogP contribution is 2.13. The summed E-state index contributed by atoms with van der Waals surface area (Å²) < 4.78 is 63.5. The molecular formula is C11H18F6N2O4. The molecule has 0 aromatic rings. The lowest BCUT2D eigenvalue weighted by Crippen LogP contribution is -2.42. The van der Waals surface area contributed by atoms with Crippen molar-refractivity contribution < 1.29 is 46.1 Å². The van der Waals surface area contributed by atoms with Gasteiger partial charge in [0.25, 0.3) is 0 Å². The van der Waals surface area contributed by atoms with Gasteiger partial charge in [-0.15, -0.1) is 0 Å². The van der Waals surface area contributed by atoms with E-state index in [1.165, 1.54) is 19.4 Å². The fourth-order valence-corrected chi connectivity index (χ4v) is 1.38. The lowest BCUT2D eigenvalue weighted by Gasteiger charge is -2.29. The Kier molecular flexibility index (Phi) is 10.6. The summed E-state index contributed by atoms with van der Waals surface area (Å²) >= 11 is 0. The van der Waals surface area contributed by atoms with E-state index in [1.807, 2.05) is 0 Å². The first-order valence-electron chi connectivity index (χ1n) is 6.29. The standard InChI is InChI=1S/C7H16N2.2C2HF3O2/c1-2-9-5-3-4-7(8)6-9;2*3-2(4,5)1(6)7/h7H,2-6,8H2,1H3;2*(H,6,7). The molecule has 6 nitrogen and oxygen atoms in total. The van der Waals surface area contributed by atoms with Crippen LogP contribution in [0.25, 0.3) is 0 Å². The number of nitrogens with two attached hydrogens (primary N) is 1. The van der Waals surface area contributed by atoms with Crippen LogP contribution in [0.4, 0.5) is 26.3 Å². The highest BCUT2D eigenvalue weighted by Gasteiger charge is 2.38. The minimum absolute atomic E-state index is 0.443. The van der Waals surface area contributed by atoms with Gasteiger partial charge in [0.05, 0.1) is 0 Å². The van der Waals surface area contributed by atoms with Crippen LogP contribution in [0.3, 0.4) is 0 Å². The minimum Gasteiger partial charge on any atom is -0.475 e. The molecule has 1 rings (SSSR count). The second-order valence-corrected chi connectivity index (χ2v) is 4.40. The predicted octanol–water partition coefficient (Wildman–Crippen LogP) is 1.70. The van der Waals surface area contributed by atoms with E-state index in [4.69, 9.17) is 25.5 Å². The number of nitrogens with zero attached hydrogens (tertiary/aromatic N) is 1. The molecule has 1 aliphatic rings. The summed E-state index contributed by atoms with van der Waals surface area (Å²) in [7, 11) is 0. The van der Waals surface area contributed by atoms with Crippen LogP contribution in [0.5, 0.6) is 0 Å². The number of hydrogen-bond acceptors (Lipinski definition) is 4. The average Bonchev–Trinajstić information content (AvgIpc) is 2.37. The van der Waals surface area contributed by atoms with E-state index in [2.05, 4.69) is 11.8 Å². The summed E-state index contributed by atoms with van der Waals surface area (Å²) in [6, 6.07) is 0.443. The third-order valence-corrected chi connectivity index (χ3v) is 2.47. The molecule has 23 heavy (non-hydrogen) atoms. The number of likely N-dealkylation sites (tertiary alicyclic amines) is 1. The number of carbonyl (C=O) groups is 2. The lowest BCUT2D eigenvalue weighted by atomic mass is 10.1. The molecule has 1 aliphatic heterocycles. The fourth-order valence-electron chi connectivity index (χ4n) is 1.38. The molecule has 0 aromatic heterocycles. The summed E-state index contributed by atoms with van der Waals surface area (Å²) in [4.78, 5) is 20.2. The Morgan fingerprint density at radius 2 is 1.43 bits per heavy atom. The van der Waals surface area contributed by atoms with E-state index < -0.39 is 24.3 Å². The van der Waals surface area contributed by atoms with Gasteiger partial charge in [0.15, 0.2) is 0 Å². The maximum absolute atomic E-state index is 10.6. The van der Waals surface area contributed by atoms with Gasteiger partial charge in [-0.3, -0.25) is 0 Å². The second-order valence-electron chi connectivity index (χ2n) is 4.40. The minimum atomic E-state index is -5.08. The Morgan fingerprint density at radius 1 is 1.09 bits per heavy atom. The van der Waals surface area contributed by atoms with Crippen LogP contribution in [0.2, 0.25) is 0 Å². The maximum atomic E-state index is 10.6. The largest absolute Gasteiger partial charge is 0.490 e. The maximum Gasteiger partial charge on any atom is 0.490 e. The average molecular weight is 356 g/mol. The molecule has 138 valence electrons. The van der Waals surface area contributed by atoms with Gasteiger partial charge in [0, 0.05) is 12.6 Å². The SMILES string of the molecule is CCN1CCCC(N)C1.O=C(O)C(F)(F)F.O=C(O)C(F)(F)F. The predicted molar refractivity (Wildman–Crippen MR) is 66.7 cm³/mol. The van der Waals surface area contributed by atoms with Gasteiger partial charge in [-0.1, -0.05) is 6.92 Å². The molecule has 0 bridgehead atoms. The number of alkyl halides is 6. The van der Waals surface area contributed by atoms with Crippen molar-refractivity contribution in [2.45, 2.75) is 38.2 Å². The Labute approximate surface area is 127 Å². The van der Waals surface area contributed by atoms with E-state index >= 15 is 0 Å². The second kappa shape index (κ2) is 10.3. The molecule has 0 aromatic carbocycles. The quantitative estimate of drug-likeness (QED) is 0.618. The Balaban J connectivity index is 0. The molecule has 0 aliphatic carbocycles. The molecule has 1 atom stereocenters. The van der Waals surface area contributed by atoms with Crippen LogP contribution in [-0.2, 0) is 9.59 Å². The molecule has 12 heteroatoms. The molecule has 1 fully saturated rings. The van der Waals surface area contributed by atoms with Crippen LogP contribution in [0.1, 0.15) is 19.8 Å². The van der Waals surface area contributed by atoms with Crippen molar-refractivity contribution in [3.63, 3.8) is 0 Å². The van der Waals surface area contributed by atoms with Crippen molar-refractivity contribution in [1.82, 2.24) is 4.90 Å². The van der Waals surface area contributed by atoms with Crippen LogP contribution in [0.15, 0.2) is 0 Å². The van der Waals surface area contributed by atoms with Crippen molar-refractivity contribution in [3.8, 4) is 0 Å². The van der Waals surface area contributed by atoms with E-state index in [1.54, 1.807) is 0 Å². The molecule has 1 saturated heterocycles. The summed E-state index contributed by atoms with van der Waals surface area (Å²) in [5, 5.41) is 14.2. The first-order valence-corrected chi connectivity index (χ1v) is 6.29. The summed E-state index contributed by atoms with van der Waals surface area (Å²) in [5.74, 6) is -5.51. The number of rotatable bonds is 1. The van der Waals surface area contributed by atoms with Gasteiger partial charge < -0.3 is 20.8 Å². The van der Waals surface area contributed by atoms with E-state index in [-0.39, 0.29) is 0 Å². The smallest absolute Gasteiger partial charge is 0.475 e. The molecule has 0 saturated carbocycles. The highest BCUT2D eigenvalue weighted by atomic mass is 19.4. The Bertz CT molecular complexity index is 349. The third kappa shape index (κ3) is 13.8. The van der Waals surface area contributed by atoms with Crippen LogP contribution in [0, 0.1) is 0 Å². The summed E-state index contributed by atoms with van der Waals surface area (Å²) in [6.07, 6.45) is -7.66. The number of halogens is 6. The summed E-state index contributed by atoms with van der Waals surface area (Å²) in [5.41, 5.74) is 5.76. The van der Waals surface area contributed by atoms with Gasteiger partial charge >= 0.3 is 24.3 Å². The van der Waals surface area contributed by atoms with Gasteiger partial charge in [-0.2, -0.15) is 26.3 Å². The van der Waals surface area contributed by atoms with Crippen molar-refractivity contribution in [3.05, 3.63) is 0 Å². The first kappa shape index (κ1) is 23.7. The summed E-state index contributed by atoms with van der Waals surface area (Å²) in [6.45, 7) is 5.71. The topological polar surface area (TPSA) is 104 Å². The molecule has 0 spiro atoms. The monoisotopic (exact) mass is 356 g/mol. The van der Waals surface area contributed by atoms with Crippen molar-refractivity contribution in [2.75, 3.05) is 19.6 Å². The molecule has 1 unspecified atom stereocenters. The zero-order valence-corrected chi connectivity index (χ0v) is 12.1. The van der Waals surface area contributed by atoms with Gasteiger partial charge in [0.2, 0.25) is 0 Å². The van der Waals surface area contributed by atoms with Crippen molar-refractivity contribution in [1.29, 1.82) is 0 Å². The Morgan fingerprint density at radius 3 is 1.61 bits per heavy atom. The molecule has 1 heterocycles. The number of carboxylic acids is 2.